The van der Waals surface area contributed by atoms with E-state index in [1.807, 2.05) is 10.8 Å². The van der Waals surface area contributed by atoms with Crippen LogP contribution in [0.5, 0.6) is 0 Å². The van der Waals surface area contributed by atoms with Crippen LogP contribution in [-0.4, -0.2) is 44.3 Å². The van der Waals surface area contributed by atoms with Crippen molar-refractivity contribution in [1.29, 1.82) is 0 Å². The quantitative estimate of drug-likeness (QED) is 0.864. The smallest absolute Gasteiger partial charge is 0.183 e. The van der Waals surface area contributed by atoms with Crippen LogP contribution in [0.3, 0.4) is 0 Å². The minimum Gasteiger partial charge on any atom is -0.368 e. The zero-order valence-corrected chi connectivity index (χ0v) is 12.8. The van der Waals surface area contributed by atoms with E-state index in [9.17, 15) is 0 Å². The monoisotopic (exact) mass is 313 g/mol. The van der Waals surface area contributed by atoms with Gasteiger partial charge in [0.1, 0.15) is 12.4 Å². The van der Waals surface area contributed by atoms with Crippen LogP contribution in [-0.2, 0) is 17.8 Å². The average Bonchev–Trinajstić information content (AvgIpc) is 3.08. The first-order chi connectivity index (χ1) is 9.76. The van der Waals surface area contributed by atoms with Gasteiger partial charge in [0.25, 0.3) is 0 Å². The molecule has 0 radical (unpaired) electrons. The van der Waals surface area contributed by atoms with E-state index in [2.05, 4.69) is 27.0 Å². The third-order valence-corrected chi connectivity index (χ3v) is 4.43. The molecule has 108 valence electrons. The lowest BCUT2D eigenvalue weighted by molar-refractivity contribution is -0.0386. The van der Waals surface area contributed by atoms with Gasteiger partial charge in [-0.25, -0.2) is 4.98 Å². The molecule has 8 heteroatoms. The zero-order chi connectivity index (χ0) is 13.9. The molecule has 0 N–H and O–H groups in total. The van der Waals surface area contributed by atoms with E-state index < -0.39 is 0 Å². The molecule has 1 saturated heterocycles. The Hall–Kier alpha value is -1.02. The summed E-state index contributed by atoms with van der Waals surface area (Å²) in [5.41, 5.74) is 0. The highest BCUT2D eigenvalue weighted by Crippen LogP contribution is 2.24. The van der Waals surface area contributed by atoms with Gasteiger partial charge in [0.2, 0.25) is 0 Å². The molecule has 3 heterocycles. The van der Waals surface area contributed by atoms with Crippen molar-refractivity contribution in [3.05, 3.63) is 27.7 Å². The van der Waals surface area contributed by atoms with Gasteiger partial charge in [0, 0.05) is 37.3 Å². The van der Waals surface area contributed by atoms with Gasteiger partial charge in [-0.15, -0.1) is 21.5 Å². The van der Waals surface area contributed by atoms with Gasteiger partial charge >= 0.3 is 0 Å². The molecule has 1 aliphatic heterocycles. The van der Waals surface area contributed by atoms with Gasteiger partial charge in [0.15, 0.2) is 10.3 Å². The molecule has 3 rings (SSSR count). The van der Waals surface area contributed by atoms with Gasteiger partial charge in [-0.3, -0.25) is 4.90 Å². The molecule has 1 aliphatic rings. The Kier molecular flexibility index (Phi) is 4.30. The second-order valence-corrected chi connectivity index (χ2v) is 6.35. The fraction of sp³-hybridized carbons (Fsp3) is 0.583. The SMILES string of the molecule is CCn1cnnc1[C@H]1CN(Cc2cnc(Cl)s2)CCO1. The fourth-order valence-electron chi connectivity index (χ4n) is 2.34. The Bertz CT molecular complexity index is 572. The van der Waals surface area contributed by atoms with E-state index in [1.54, 1.807) is 6.33 Å². The lowest BCUT2D eigenvalue weighted by atomic mass is 10.2. The van der Waals surface area contributed by atoms with Crippen LogP contribution >= 0.6 is 22.9 Å². The summed E-state index contributed by atoms with van der Waals surface area (Å²) in [7, 11) is 0. The number of nitrogens with zero attached hydrogens (tertiary/aromatic N) is 5. The number of hydrogen-bond donors (Lipinski definition) is 0. The minimum atomic E-state index is -0.0189. The van der Waals surface area contributed by atoms with E-state index in [0.717, 1.165) is 32.0 Å². The fourth-order valence-corrected chi connectivity index (χ4v) is 3.36. The number of aromatic nitrogens is 4. The second kappa shape index (κ2) is 6.17. The Balaban J connectivity index is 1.67. The summed E-state index contributed by atoms with van der Waals surface area (Å²) < 4.78 is 8.45. The molecular formula is C12H16ClN5OS. The Labute approximate surface area is 126 Å². The van der Waals surface area contributed by atoms with E-state index >= 15 is 0 Å². The lowest BCUT2D eigenvalue weighted by Gasteiger charge is -2.32. The van der Waals surface area contributed by atoms with E-state index in [4.69, 9.17) is 16.3 Å². The number of aryl methyl sites for hydroxylation is 1. The molecule has 0 aliphatic carbocycles. The summed E-state index contributed by atoms with van der Waals surface area (Å²) in [6, 6.07) is 0. The first-order valence-electron chi connectivity index (χ1n) is 6.58. The lowest BCUT2D eigenvalue weighted by Crippen LogP contribution is -2.38. The Morgan fingerprint density at radius 3 is 3.20 bits per heavy atom. The predicted octanol–water partition coefficient (Wildman–Crippen LogP) is 1.98. The average molecular weight is 314 g/mol. The van der Waals surface area contributed by atoms with Crippen molar-refractivity contribution in [3.63, 3.8) is 0 Å². The molecule has 0 spiro atoms. The minimum absolute atomic E-state index is 0.0189. The van der Waals surface area contributed by atoms with E-state index in [-0.39, 0.29) is 6.10 Å². The van der Waals surface area contributed by atoms with Crippen LogP contribution in [0.2, 0.25) is 4.47 Å². The molecule has 0 saturated carbocycles. The molecule has 0 bridgehead atoms. The van der Waals surface area contributed by atoms with Crippen molar-refractivity contribution in [1.82, 2.24) is 24.6 Å². The molecular weight excluding hydrogens is 298 g/mol. The molecule has 1 atom stereocenters. The molecule has 0 unspecified atom stereocenters. The molecule has 20 heavy (non-hydrogen) atoms. The van der Waals surface area contributed by atoms with Gasteiger partial charge in [-0.2, -0.15) is 0 Å². The maximum atomic E-state index is 5.87. The first kappa shape index (κ1) is 13.9. The van der Waals surface area contributed by atoms with Crippen LogP contribution in [0.25, 0.3) is 0 Å². The number of morpholine rings is 1. The van der Waals surface area contributed by atoms with Gasteiger partial charge in [0.05, 0.1) is 6.61 Å². The van der Waals surface area contributed by atoms with Crippen molar-refractivity contribution in [2.24, 2.45) is 0 Å². The highest BCUT2D eigenvalue weighted by molar-refractivity contribution is 7.15. The Morgan fingerprint density at radius 2 is 2.45 bits per heavy atom. The van der Waals surface area contributed by atoms with Crippen LogP contribution < -0.4 is 0 Å². The van der Waals surface area contributed by atoms with Gasteiger partial charge in [-0.05, 0) is 6.92 Å². The first-order valence-corrected chi connectivity index (χ1v) is 7.77. The van der Waals surface area contributed by atoms with Crippen molar-refractivity contribution < 1.29 is 4.74 Å². The number of halogens is 1. The van der Waals surface area contributed by atoms with Crippen molar-refractivity contribution in [2.45, 2.75) is 26.1 Å². The number of thiazole rings is 1. The van der Waals surface area contributed by atoms with Crippen molar-refractivity contribution in [2.75, 3.05) is 19.7 Å². The van der Waals surface area contributed by atoms with Crippen LogP contribution in [0.1, 0.15) is 23.7 Å². The maximum Gasteiger partial charge on any atom is 0.183 e. The van der Waals surface area contributed by atoms with Crippen LogP contribution in [0, 0.1) is 0 Å². The largest absolute Gasteiger partial charge is 0.368 e. The standard InChI is InChI=1S/C12H16ClN5OS/c1-2-18-8-15-16-11(18)10-7-17(3-4-19-10)6-9-5-14-12(13)20-9/h5,8,10H,2-4,6-7H2,1H3/t10-/m1/s1. The summed E-state index contributed by atoms with van der Waals surface area (Å²) in [5.74, 6) is 0.902. The summed E-state index contributed by atoms with van der Waals surface area (Å²) in [6.07, 6.45) is 3.57. The van der Waals surface area contributed by atoms with Crippen molar-refractivity contribution in [3.8, 4) is 0 Å². The molecule has 0 amide bonds. The normalized spacial score (nSPS) is 20.4. The molecule has 2 aromatic rings. The van der Waals surface area contributed by atoms with Crippen LogP contribution in [0.15, 0.2) is 12.5 Å². The number of rotatable bonds is 4. The van der Waals surface area contributed by atoms with Crippen LogP contribution in [0.4, 0.5) is 0 Å². The number of hydrogen-bond acceptors (Lipinski definition) is 6. The second-order valence-electron chi connectivity index (χ2n) is 4.65. The summed E-state index contributed by atoms with van der Waals surface area (Å²) >= 11 is 7.40. The van der Waals surface area contributed by atoms with Gasteiger partial charge in [-0.1, -0.05) is 11.6 Å². The number of ether oxygens (including phenoxy) is 1. The maximum absolute atomic E-state index is 5.87. The zero-order valence-electron chi connectivity index (χ0n) is 11.2. The third kappa shape index (κ3) is 3.01. The highest BCUT2D eigenvalue weighted by atomic mass is 35.5. The predicted molar refractivity (Wildman–Crippen MR) is 76.8 cm³/mol. The molecule has 6 nitrogen and oxygen atoms in total. The molecule has 0 aromatic carbocycles. The molecule has 1 fully saturated rings. The summed E-state index contributed by atoms with van der Waals surface area (Å²) in [6.45, 7) is 6.21. The summed E-state index contributed by atoms with van der Waals surface area (Å²) in [5, 5.41) is 8.16. The summed E-state index contributed by atoms with van der Waals surface area (Å²) in [4.78, 5) is 7.59. The Morgan fingerprint density at radius 1 is 1.55 bits per heavy atom. The topological polar surface area (TPSA) is 56.1 Å². The van der Waals surface area contributed by atoms with E-state index in [1.165, 1.54) is 16.2 Å². The third-order valence-electron chi connectivity index (χ3n) is 3.33. The van der Waals surface area contributed by atoms with Gasteiger partial charge < -0.3 is 9.30 Å². The molecule has 2 aromatic heterocycles. The highest BCUT2D eigenvalue weighted by Gasteiger charge is 2.26. The van der Waals surface area contributed by atoms with E-state index in [0.29, 0.717) is 11.1 Å². The van der Waals surface area contributed by atoms with Crippen molar-refractivity contribution >= 4 is 22.9 Å².